The summed E-state index contributed by atoms with van der Waals surface area (Å²) < 4.78 is 79.7. The summed E-state index contributed by atoms with van der Waals surface area (Å²) in [5.41, 5.74) is -1.22. The average molecular weight is 385 g/mol. The summed E-state index contributed by atoms with van der Waals surface area (Å²) in [4.78, 5) is -0.125. The van der Waals surface area contributed by atoms with Gasteiger partial charge in [0.1, 0.15) is 11.6 Å². The summed E-state index contributed by atoms with van der Waals surface area (Å²) in [6.45, 7) is 0. The highest BCUT2D eigenvalue weighted by Crippen LogP contribution is 2.32. The number of hydrogen-bond donors (Lipinski definition) is 1. The summed E-state index contributed by atoms with van der Waals surface area (Å²) in [5, 5.41) is 3.40. The molecule has 0 amide bonds. The fourth-order valence-corrected chi connectivity index (χ4v) is 3.22. The number of hydrogen-bond acceptors (Lipinski definition) is 3. The summed E-state index contributed by atoms with van der Waals surface area (Å²) in [6, 6.07) is 12.1. The van der Waals surface area contributed by atoms with Crippen molar-refractivity contribution in [1.29, 1.82) is 0 Å². The van der Waals surface area contributed by atoms with Gasteiger partial charge in [-0.1, -0.05) is 18.2 Å². The van der Waals surface area contributed by atoms with E-state index in [-0.39, 0.29) is 10.6 Å². The van der Waals surface area contributed by atoms with Crippen LogP contribution in [0.25, 0.3) is 5.69 Å². The van der Waals surface area contributed by atoms with Gasteiger partial charge in [-0.2, -0.15) is 18.3 Å². The lowest BCUT2D eigenvalue weighted by Crippen LogP contribution is -2.15. The molecule has 10 heteroatoms. The Morgan fingerprint density at radius 3 is 2.15 bits per heavy atom. The number of nitrogens with one attached hydrogen (secondary N) is 1. The Bertz CT molecular complexity index is 1010. The highest BCUT2D eigenvalue weighted by molar-refractivity contribution is 7.92. The van der Waals surface area contributed by atoms with E-state index in [1.807, 2.05) is 0 Å². The molecule has 0 fully saturated rings. The van der Waals surface area contributed by atoms with Crippen LogP contribution >= 0.6 is 0 Å². The molecule has 0 radical (unpaired) electrons. The van der Waals surface area contributed by atoms with E-state index < -0.39 is 33.5 Å². The molecule has 0 atom stereocenters. The van der Waals surface area contributed by atoms with Gasteiger partial charge in [0.05, 0.1) is 10.6 Å². The molecule has 2 aromatic carbocycles. The van der Waals surface area contributed by atoms with Crippen molar-refractivity contribution >= 4 is 15.8 Å². The first kappa shape index (κ1) is 17.9. The van der Waals surface area contributed by atoms with Gasteiger partial charge in [0.15, 0.2) is 5.69 Å². The molecule has 0 unspecified atom stereocenters. The number of sulfonamides is 1. The highest BCUT2D eigenvalue weighted by Gasteiger charge is 2.35. The van der Waals surface area contributed by atoms with E-state index >= 15 is 0 Å². The molecule has 0 aliphatic rings. The minimum absolute atomic E-state index is 0.0626. The standard InChI is InChI=1S/C16H11F4N3O2S/c17-11-6-8-12(9-7-11)23-15(10-14(21-23)16(18,19)20)22-26(24,25)13-4-2-1-3-5-13/h1-10,22H. The van der Waals surface area contributed by atoms with Crippen LogP contribution in [-0.2, 0) is 16.2 Å². The van der Waals surface area contributed by atoms with Crippen molar-refractivity contribution in [3.8, 4) is 5.69 Å². The number of anilines is 1. The summed E-state index contributed by atoms with van der Waals surface area (Å²) >= 11 is 0. The molecule has 0 spiro atoms. The lowest BCUT2D eigenvalue weighted by molar-refractivity contribution is -0.141. The SMILES string of the molecule is O=S(=O)(Nc1cc(C(F)(F)F)nn1-c1ccc(F)cc1)c1ccccc1. The van der Waals surface area contributed by atoms with Gasteiger partial charge in [-0.25, -0.2) is 17.5 Å². The average Bonchev–Trinajstić information content (AvgIpc) is 3.00. The van der Waals surface area contributed by atoms with Crippen LogP contribution < -0.4 is 4.72 Å². The van der Waals surface area contributed by atoms with E-state index in [9.17, 15) is 26.0 Å². The van der Waals surface area contributed by atoms with Crippen molar-refractivity contribution in [2.24, 2.45) is 0 Å². The van der Waals surface area contributed by atoms with Crippen molar-refractivity contribution < 1.29 is 26.0 Å². The number of nitrogens with zero attached hydrogens (tertiary/aromatic N) is 2. The van der Waals surface area contributed by atoms with Crippen LogP contribution in [0.4, 0.5) is 23.4 Å². The Kier molecular flexibility index (Phi) is 4.45. The number of halogens is 4. The predicted molar refractivity (Wildman–Crippen MR) is 85.8 cm³/mol. The van der Waals surface area contributed by atoms with E-state index in [4.69, 9.17) is 0 Å². The Labute approximate surface area is 145 Å². The Balaban J connectivity index is 2.08. The molecule has 26 heavy (non-hydrogen) atoms. The van der Waals surface area contributed by atoms with Crippen LogP contribution in [0.3, 0.4) is 0 Å². The number of alkyl halides is 3. The van der Waals surface area contributed by atoms with Crippen molar-refractivity contribution in [3.05, 3.63) is 72.2 Å². The quantitative estimate of drug-likeness (QED) is 0.695. The molecule has 1 aromatic heterocycles. The minimum atomic E-state index is -4.78. The third kappa shape index (κ3) is 3.69. The summed E-state index contributed by atoms with van der Waals surface area (Å²) in [5.74, 6) is -1.02. The zero-order valence-corrected chi connectivity index (χ0v) is 13.7. The maximum Gasteiger partial charge on any atom is 0.435 e. The largest absolute Gasteiger partial charge is 0.435 e. The maximum atomic E-state index is 13.1. The molecule has 0 bridgehead atoms. The third-order valence-corrected chi connectivity index (χ3v) is 4.73. The van der Waals surface area contributed by atoms with Crippen LogP contribution in [0, 0.1) is 5.82 Å². The van der Waals surface area contributed by atoms with Crippen LogP contribution in [0.15, 0.2) is 65.6 Å². The molecule has 3 rings (SSSR count). The first-order valence-corrected chi connectivity index (χ1v) is 8.66. The lowest BCUT2D eigenvalue weighted by atomic mass is 10.3. The van der Waals surface area contributed by atoms with E-state index in [1.54, 1.807) is 6.07 Å². The van der Waals surface area contributed by atoms with Crippen molar-refractivity contribution in [2.45, 2.75) is 11.1 Å². The van der Waals surface area contributed by atoms with Crippen LogP contribution in [-0.4, -0.2) is 18.2 Å². The van der Waals surface area contributed by atoms with Crippen LogP contribution in [0.5, 0.6) is 0 Å². The number of aromatic nitrogens is 2. The van der Waals surface area contributed by atoms with E-state index in [2.05, 4.69) is 9.82 Å². The molecular formula is C16H11F4N3O2S. The Hall–Kier alpha value is -2.88. The number of rotatable bonds is 4. The van der Waals surface area contributed by atoms with Gasteiger partial charge in [0.2, 0.25) is 0 Å². The maximum absolute atomic E-state index is 13.1. The van der Waals surface area contributed by atoms with Crippen LogP contribution in [0.2, 0.25) is 0 Å². The smallest absolute Gasteiger partial charge is 0.263 e. The third-order valence-electron chi connectivity index (χ3n) is 3.36. The molecule has 1 heterocycles. The molecular weight excluding hydrogens is 374 g/mol. The van der Waals surface area contributed by atoms with Gasteiger partial charge in [0, 0.05) is 6.07 Å². The Morgan fingerprint density at radius 1 is 0.962 bits per heavy atom. The molecule has 0 saturated heterocycles. The van der Waals surface area contributed by atoms with E-state index in [0.717, 1.165) is 16.8 Å². The second-order valence-corrected chi connectivity index (χ2v) is 6.90. The highest BCUT2D eigenvalue weighted by atomic mass is 32.2. The molecule has 0 aliphatic heterocycles. The van der Waals surface area contributed by atoms with Gasteiger partial charge in [-0.3, -0.25) is 4.72 Å². The van der Waals surface area contributed by atoms with Crippen molar-refractivity contribution in [3.63, 3.8) is 0 Å². The minimum Gasteiger partial charge on any atom is -0.263 e. The van der Waals surface area contributed by atoms with Crippen LogP contribution in [0.1, 0.15) is 5.69 Å². The second kappa shape index (κ2) is 6.45. The summed E-state index contributed by atoms with van der Waals surface area (Å²) in [7, 11) is -4.14. The van der Waals surface area contributed by atoms with Gasteiger partial charge in [-0.15, -0.1) is 0 Å². The van der Waals surface area contributed by atoms with Gasteiger partial charge >= 0.3 is 6.18 Å². The Morgan fingerprint density at radius 2 is 1.58 bits per heavy atom. The molecule has 1 N–H and O–H groups in total. The second-order valence-electron chi connectivity index (χ2n) is 5.22. The van der Waals surface area contributed by atoms with E-state index in [1.165, 1.54) is 36.4 Å². The first-order valence-electron chi connectivity index (χ1n) is 7.18. The molecule has 0 saturated carbocycles. The molecule has 5 nitrogen and oxygen atoms in total. The fourth-order valence-electron chi connectivity index (χ4n) is 2.17. The predicted octanol–water partition coefficient (Wildman–Crippen LogP) is 3.83. The summed E-state index contributed by atoms with van der Waals surface area (Å²) in [6.07, 6.45) is -4.78. The van der Waals surface area contributed by atoms with E-state index in [0.29, 0.717) is 6.07 Å². The van der Waals surface area contributed by atoms with Crippen molar-refractivity contribution in [1.82, 2.24) is 9.78 Å². The lowest BCUT2D eigenvalue weighted by Gasteiger charge is -2.10. The van der Waals surface area contributed by atoms with Gasteiger partial charge < -0.3 is 0 Å². The van der Waals surface area contributed by atoms with Crippen molar-refractivity contribution in [2.75, 3.05) is 4.72 Å². The monoisotopic (exact) mass is 385 g/mol. The first-order chi connectivity index (χ1) is 12.2. The van der Waals surface area contributed by atoms with Gasteiger partial charge in [0.25, 0.3) is 10.0 Å². The molecule has 0 aliphatic carbocycles. The number of benzene rings is 2. The topological polar surface area (TPSA) is 64.0 Å². The zero-order valence-electron chi connectivity index (χ0n) is 12.9. The molecule has 136 valence electrons. The molecule has 3 aromatic rings. The fraction of sp³-hybridized carbons (Fsp3) is 0.0625. The van der Waals surface area contributed by atoms with Gasteiger partial charge in [-0.05, 0) is 36.4 Å². The normalized spacial score (nSPS) is 12.2. The zero-order chi connectivity index (χ0) is 18.9.